The van der Waals surface area contributed by atoms with Crippen LogP contribution >= 0.6 is 11.8 Å². The van der Waals surface area contributed by atoms with E-state index in [0.29, 0.717) is 35.2 Å². The Hall–Kier alpha value is -3.52. The summed E-state index contributed by atoms with van der Waals surface area (Å²) < 4.78 is 5.24. The zero-order valence-corrected chi connectivity index (χ0v) is 23.1. The van der Waals surface area contributed by atoms with Crippen LogP contribution in [-0.2, 0) is 9.59 Å². The van der Waals surface area contributed by atoms with Gasteiger partial charge in [0, 0.05) is 25.0 Å². The van der Waals surface area contributed by atoms with Crippen molar-refractivity contribution in [3.05, 3.63) is 82.0 Å². The smallest absolute Gasteiger partial charge is 0.255 e. The van der Waals surface area contributed by atoms with E-state index >= 15 is 0 Å². The molecule has 8 heteroatoms. The van der Waals surface area contributed by atoms with Crippen molar-refractivity contribution in [2.45, 2.75) is 46.1 Å². The highest BCUT2D eigenvalue weighted by atomic mass is 32.2. The second-order valence-corrected chi connectivity index (χ2v) is 10.3. The number of hydrogen-bond donors (Lipinski definition) is 1. The predicted octanol–water partition coefficient (Wildman–Crippen LogP) is 5.90. The highest BCUT2D eigenvalue weighted by Crippen LogP contribution is 2.45. The van der Waals surface area contributed by atoms with Crippen molar-refractivity contribution in [1.82, 2.24) is 9.80 Å². The number of ether oxygens (including phenoxy) is 1. The summed E-state index contributed by atoms with van der Waals surface area (Å²) >= 11 is 1.49. The molecule has 1 unspecified atom stereocenters. The number of benzene rings is 2. The zero-order chi connectivity index (χ0) is 26.7. The van der Waals surface area contributed by atoms with Crippen molar-refractivity contribution in [2.75, 3.05) is 26.0 Å². The average molecular weight is 519 g/mol. The van der Waals surface area contributed by atoms with Gasteiger partial charge in [-0.3, -0.25) is 9.59 Å². The zero-order valence-electron chi connectivity index (χ0n) is 22.2. The van der Waals surface area contributed by atoms with Crippen LogP contribution in [0.15, 0.2) is 75.9 Å². The number of thioether (sulfide) groups is 1. The molecule has 0 spiro atoms. The number of carbonyl (C=O) groups is 2. The Balaban J connectivity index is 1.73. The van der Waals surface area contributed by atoms with E-state index in [2.05, 4.69) is 43.4 Å². The lowest BCUT2D eigenvalue weighted by atomic mass is 9.91. The molecule has 0 aromatic heterocycles. The highest BCUT2D eigenvalue weighted by molar-refractivity contribution is 8.16. The van der Waals surface area contributed by atoms with Crippen molar-refractivity contribution in [3.8, 4) is 5.75 Å². The van der Waals surface area contributed by atoms with Crippen LogP contribution in [0.3, 0.4) is 0 Å². The van der Waals surface area contributed by atoms with Crippen molar-refractivity contribution in [1.29, 1.82) is 0 Å². The van der Waals surface area contributed by atoms with Crippen LogP contribution in [0.1, 0.15) is 57.2 Å². The van der Waals surface area contributed by atoms with Crippen molar-refractivity contribution >= 4 is 34.4 Å². The first-order valence-electron chi connectivity index (χ1n) is 12.5. The summed E-state index contributed by atoms with van der Waals surface area (Å²) in [6, 6.07) is 15.2. The SMILES string of the molecule is CCN(C)C(=O)CC1=CSC2=NC(C)=C(C(=O)Nc3ccc(OC)cc3)C(c3ccc(C(C)C)cc3)N12. The van der Waals surface area contributed by atoms with Gasteiger partial charge in [-0.1, -0.05) is 49.9 Å². The minimum atomic E-state index is -0.409. The van der Waals surface area contributed by atoms with Gasteiger partial charge in [0.2, 0.25) is 5.91 Å². The van der Waals surface area contributed by atoms with Gasteiger partial charge in [-0.15, -0.1) is 0 Å². The Morgan fingerprint density at radius 1 is 1.14 bits per heavy atom. The number of nitrogens with one attached hydrogen (secondary N) is 1. The molecule has 0 aliphatic carbocycles. The van der Waals surface area contributed by atoms with Gasteiger partial charge in [-0.2, -0.15) is 0 Å². The number of anilines is 1. The molecular formula is C29H34N4O3S. The molecule has 0 radical (unpaired) electrons. The molecule has 194 valence electrons. The van der Waals surface area contributed by atoms with Crippen LogP contribution < -0.4 is 10.1 Å². The minimum absolute atomic E-state index is 0.0278. The van der Waals surface area contributed by atoms with E-state index in [1.165, 1.54) is 17.3 Å². The fraction of sp³-hybridized carbons (Fsp3) is 0.345. The van der Waals surface area contributed by atoms with Crippen LogP contribution in [0.25, 0.3) is 0 Å². The number of nitrogens with zero attached hydrogens (tertiary/aromatic N) is 3. The van der Waals surface area contributed by atoms with Crippen LogP contribution in [0.4, 0.5) is 5.69 Å². The second-order valence-electron chi connectivity index (χ2n) is 9.48. The summed E-state index contributed by atoms with van der Waals surface area (Å²) in [5.74, 6) is 0.915. The Kier molecular flexibility index (Phi) is 8.07. The van der Waals surface area contributed by atoms with Gasteiger partial charge in [-0.05, 0) is 60.6 Å². The van der Waals surface area contributed by atoms with Gasteiger partial charge in [0.1, 0.15) is 5.75 Å². The first kappa shape index (κ1) is 26.5. The van der Waals surface area contributed by atoms with Crippen LogP contribution in [0, 0.1) is 0 Å². The molecular weight excluding hydrogens is 484 g/mol. The Morgan fingerprint density at radius 2 is 1.81 bits per heavy atom. The first-order valence-corrected chi connectivity index (χ1v) is 13.3. The van der Waals surface area contributed by atoms with E-state index in [1.807, 2.05) is 48.4 Å². The largest absolute Gasteiger partial charge is 0.497 e. The molecule has 2 aromatic rings. The quantitative estimate of drug-likeness (QED) is 0.471. The fourth-order valence-corrected chi connectivity index (χ4v) is 5.34. The van der Waals surface area contributed by atoms with Crippen molar-refractivity contribution in [3.63, 3.8) is 0 Å². The lowest BCUT2D eigenvalue weighted by Gasteiger charge is -2.37. The standard InChI is InChI=1S/C29H34N4O3S/c1-7-32(5)25(34)16-23-17-37-29-30-19(4)26(28(35)31-22-12-14-24(36-6)15-13-22)27(33(23)29)21-10-8-20(9-11-21)18(2)3/h8-15,17-18,27H,7,16H2,1-6H3,(H,31,35). The topological polar surface area (TPSA) is 74.2 Å². The maximum absolute atomic E-state index is 13.8. The van der Waals surface area contributed by atoms with E-state index in [0.717, 1.165) is 16.4 Å². The second kappa shape index (κ2) is 11.3. The van der Waals surface area contributed by atoms with Crippen LogP contribution in [0.2, 0.25) is 0 Å². The maximum atomic E-state index is 13.8. The molecule has 2 heterocycles. The predicted molar refractivity (Wildman–Crippen MR) is 150 cm³/mol. The molecule has 0 bridgehead atoms. The van der Waals surface area contributed by atoms with Crippen molar-refractivity contribution < 1.29 is 14.3 Å². The number of amides is 2. The van der Waals surface area contributed by atoms with Crippen molar-refractivity contribution in [2.24, 2.45) is 4.99 Å². The molecule has 0 fully saturated rings. The average Bonchev–Trinajstić information content (AvgIpc) is 3.29. The Morgan fingerprint density at radius 3 is 2.41 bits per heavy atom. The normalized spacial score (nSPS) is 16.8. The third-order valence-corrected chi connectivity index (χ3v) is 7.63. The van der Waals surface area contributed by atoms with Crippen LogP contribution in [-0.4, -0.2) is 47.5 Å². The van der Waals surface area contributed by atoms with E-state index in [-0.39, 0.29) is 18.2 Å². The lowest BCUT2D eigenvalue weighted by molar-refractivity contribution is -0.129. The summed E-state index contributed by atoms with van der Waals surface area (Å²) in [5, 5.41) is 5.79. The molecule has 4 rings (SSSR count). The summed E-state index contributed by atoms with van der Waals surface area (Å²) in [6.07, 6.45) is 0.239. The van der Waals surface area contributed by atoms with Gasteiger partial charge in [0.25, 0.3) is 5.91 Å². The molecule has 1 N–H and O–H groups in total. The molecule has 7 nitrogen and oxygen atoms in total. The number of aliphatic imine (C=N–C) groups is 1. The third-order valence-electron chi connectivity index (χ3n) is 6.74. The highest BCUT2D eigenvalue weighted by Gasteiger charge is 2.40. The summed E-state index contributed by atoms with van der Waals surface area (Å²) in [6.45, 7) is 8.78. The monoisotopic (exact) mass is 518 g/mol. The molecule has 2 amide bonds. The first-order chi connectivity index (χ1) is 17.7. The number of methoxy groups -OCH3 is 1. The van der Waals surface area contributed by atoms with E-state index < -0.39 is 6.04 Å². The van der Waals surface area contributed by atoms with Gasteiger partial charge in [0.15, 0.2) is 5.17 Å². The molecule has 2 aliphatic rings. The van der Waals surface area contributed by atoms with Gasteiger partial charge in [-0.25, -0.2) is 4.99 Å². The Bertz CT molecular complexity index is 1260. The van der Waals surface area contributed by atoms with E-state index in [1.54, 1.807) is 19.1 Å². The molecule has 2 aromatic carbocycles. The minimum Gasteiger partial charge on any atom is -0.497 e. The summed E-state index contributed by atoms with van der Waals surface area (Å²) in [5.41, 5.74) is 4.93. The number of fused-ring (bicyclic) bond motifs is 1. The number of allylic oxidation sites excluding steroid dienone is 1. The number of carbonyl (C=O) groups excluding carboxylic acids is 2. The molecule has 1 atom stereocenters. The van der Waals surface area contributed by atoms with Gasteiger partial charge >= 0.3 is 0 Å². The lowest BCUT2D eigenvalue weighted by Crippen LogP contribution is -2.39. The number of hydrogen-bond acceptors (Lipinski definition) is 6. The molecule has 0 saturated carbocycles. The maximum Gasteiger partial charge on any atom is 0.255 e. The van der Waals surface area contributed by atoms with E-state index in [4.69, 9.17) is 9.73 Å². The molecule has 2 aliphatic heterocycles. The fourth-order valence-electron chi connectivity index (χ4n) is 4.38. The summed E-state index contributed by atoms with van der Waals surface area (Å²) in [4.78, 5) is 35.2. The van der Waals surface area contributed by atoms with Crippen LogP contribution in [0.5, 0.6) is 5.75 Å². The summed E-state index contributed by atoms with van der Waals surface area (Å²) in [7, 11) is 3.41. The Labute approximate surface area is 223 Å². The third kappa shape index (κ3) is 5.59. The van der Waals surface area contributed by atoms with Gasteiger partial charge < -0.3 is 19.9 Å². The van der Waals surface area contributed by atoms with E-state index in [9.17, 15) is 9.59 Å². The molecule has 0 saturated heterocycles. The van der Waals surface area contributed by atoms with Gasteiger partial charge in [0.05, 0.1) is 30.8 Å². The number of rotatable bonds is 8. The number of amidine groups is 1. The molecule has 37 heavy (non-hydrogen) atoms.